The van der Waals surface area contributed by atoms with Gasteiger partial charge in [0.15, 0.2) is 0 Å². The lowest BCUT2D eigenvalue weighted by Crippen LogP contribution is -2.66. The molecule has 2 aliphatic heterocycles. The van der Waals surface area contributed by atoms with Crippen LogP contribution in [-0.4, -0.2) is 55.8 Å². The van der Waals surface area contributed by atoms with Crippen molar-refractivity contribution >= 4 is 0 Å². The first-order valence-corrected chi connectivity index (χ1v) is 6.22. The zero-order chi connectivity index (χ0) is 11.7. The number of nitrogens with one attached hydrogen (secondary N) is 1. The number of likely N-dealkylation sites (N-methyl/N-ethyl adjacent to an activating group) is 1. The van der Waals surface area contributed by atoms with Crippen molar-refractivity contribution in [2.24, 2.45) is 0 Å². The normalized spacial score (nSPS) is 28.6. The highest BCUT2D eigenvalue weighted by Crippen LogP contribution is 2.35. The van der Waals surface area contributed by atoms with Crippen molar-refractivity contribution in [2.45, 2.75) is 11.5 Å². The topological polar surface area (TPSA) is 37.4 Å². The summed E-state index contributed by atoms with van der Waals surface area (Å²) in [5.41, 5.74) is 1.25. The maximum atomic E-state index is 5.48. The van der Waals surface area contributed by atoms with Gasteiger partial charge in [0.2, 0.25) is 0 Å². The van der Waals surface area contributed by atoms with Crippen LogP contribution in [0.4, 0.5) is 0 Å². The number of aromatic nitrogens is 1. The summed E-state index contributed by atoms with van der Waals surface area (Å²) in [5.74, 6) is 0. The molecular formula is C13H19N3O. The molecule has 4 heteroatoms. The molecule has 1 unspecified atom stereocenters. The Morgan fingerprint density at radius 2 is 2.35 bits per heavy atom. The number of rotatable bonds is 2. The molecule has 3 heterocycles. The van der Waals surface area contributed by atoms with E-state index in [-0.39, 0.29) is 5.41 Å². The van der Waals surface area contributed by atoms with Crippen molar-refractivity contribution < 1.29 is 4.74 Å². The zero-order valence-corrected chi connectivity index (χ0v) is 10.2. The second-order valence-electron chi connectivity index (χ2n) is 5.13. The van der Waals surface area contributed by atoms with E-state index >= 15 is 0 Å². The van der Waals surface area contributed by atoms with Crippen LogP contribution in [0.1, 0.15) is 5.69 Å². The first kappa shape index (κ1) is 11.1. The fourth-order valence-electron chi connectivity index (χ4n) is 2.77. The van der Waals surface area contributed by atoms with E-state index in [1.165, 1.54) is 5.69 Å². The maximum Gasteiger partial charge on any atom is 0.0757 e. The third-order valence-electron chi connectivity index (χ3n) is 3.94. The summed E-state index contributed by atoms with van der Waals surface area (Å²) in [7, 11) is 2.18. The quantitative estimate of drug-likeness (QED) is 0.795. The Bertz CT molecular complexity index is 378. The average molecular weight is 233 g/mol. The molecule has 0 bridgehead atoms. The lowest BCUT2D eigenvalue weighted by molar-refractivity contribution is -0.0885. The Labute approximate surface area is 102 Å². The van der Waals surface area contributed by atoms with Crippen molar-refractivity contribution in [3.05, 3.63) is 30.1 Å². The summed E-state index contributed by atoms with van der Waals surface area (Å²) >= 11 is 0. The first-order chi connectivity index (χ1) is 8.31. The van der Waals surface area contributed by atoms with Crippen LogP contribution in [0.3, 0.4) is 0 Å². The predicted octanol–water partition coefficient (Wildman–Crippen LogP) is 0.253. The van der Waals surface area contributed by atoms with Gasteiger partial charge in [0, 0.05) is 31.9 Å². The zero-order valence-electron chi connectivity index (χ0n) is 10.2. The van der Waals surface area contributed by atoms with Crippen molar-refractivity contribution in [2.75, 3.05) is 39.9 Å². The molecule has 2 saturated heterocycles. The predicted molar refractivity (Wildman–Crippen MR) is 66.0 cm³/mol. The minimum Gasteiger partial charge on any atom is -0.379 e. The van der Waals surface area contributed by atoms with Crippen LogP contribution >= 0.6 is 0 Å². The van der Waals surface area contributed by atoms with Crippen LogP contribution in [0.25, 0.3) is 0 Å². The molecule has 17 heavy (non-hydrogen) atoms. The summed E-state index contributed by atoms with van der Waals surface area (Å²) in [4.78, 5) is 6.91. The highest BCUT2D eigenvalue weighted by Gasteiger charge is 2.49. The van der Waals surface area contributed by atoms with E-state index < -0.39 is 0 Å². The highest BCUT2D eigenvalue weighted by molar-refractivity contribution is 5.25. The van der Waals surface area contributed by atoms with Crippen LogP contribution in [-0.2, 0) is 10.2 Å². The molecule has 2 fully saturated rings. The van der Waals surface area contributed by atoms with Gasteiger partial charge < -0.3 is 15.0 Å². The molecule has 1 N–H and O–H groups in total. The molecule has 0 spiro atoms. The minimum absolute atomic E-state index is 0.0793. The molecule has 1 atom stereocenters. The largest absolute Gasteiger partial charge is 0.379 e. The van der Waals surface area contributed by atoms with Crippen LogP contribution in [0.2, 0.25) is 0 Å². The molecule has 0 radical (unpaired) electrons. The summed E-state index contributed by atoms with van der Waals surface area (Å²) in [6.07, 6.45) is 1.88. The van der Waals surface area contributed by atoms with Crippen LogP contribution in [0, 0.1) is 0 Å². The fourth-order valence-corrected chi connectivity index (χ4v) is 2.77. The van der Waals surface area contributed by atoms with Gasteiger partial charge >= 0.3 is 0 Å². The third-order valence-corrected chi connectivity index (χ3v) is 3.94. The fraction of sp³-hybridized carbons (Fsp3) is 0.615. The summed E-state index contributed by atoms with van der Waals surface area (Å²) in [6, 6.07) is 6.61. The van der Waals surface area contributed by atoms with Gasteiger partial charge in [0.1, 0.15) is 0 Å². The van der Waals surface area contributed by atoms with Gasteiger partial charge in [-0.1, -0.05) is 6.07 Å². The van der Waals surface area contributed by atoms with Crippen molar-refractivity contribution in [1.29, 1.82) is 0 Å². The van der Waals surface area contributed by atoms with Crippen LogP contribution in [0.5, 0.6) is 0 Å². The van der Waals surface area contributed by atoms with Crippen LogP contribution in [0.15, 0.2) is 24.4 Å². The molecule has 0 aliphatic carbocycles. The Balaban J connectivity index is 1.87. The van der Waals surface area contributed by atoms with E-state index in [0.29, 0.717) is 6.04 Å². The third kappa shape index (κ3) is 1.86. The van der Waals surface area contributed by atoms with Gasteiger partial charge in [0.05, 0.1) is 24.3 Å². The highest BCUT2D eigenvalue weighted by atomic mass is 16.5. The second kappa shape index (κ2) is 4.37. The van der Waals surface area contributed by atoms with E-state index in [0.717, 1.165) is 32.8 Å². The monoisotopic (exact) mass is 233 g/mol. The van der Waals surface area contributed by atoms with E-state index in [2.05, 4.69) is 34.4 Å². The maximum absolute atomic E-state index is 5.48. The molecule has 2 aliphatic rings. The summed E-state index contributed by atoms with van der Waals surface area (Å²) < 4.78 is 5.48. The number of piperazine rings is 1. The molecule has 0 amide bonds. The van der Waals surface area contributed by atoms with E-state index in [1.54, 1.807) is 0 Å². The molecule has 0 aromatic carbocycles. The molecule has 1 aromatic heterocycles. The molecule has 3 rings (SSSR count). The standard InChI is InChI=1S/C13H19N3O/c1-16-7-6-15-12(8-16)13(9-17-10-13)11-4-2-3-5-14-11/h2-5,12,15H,6-10H2,1H3. The van der Waals surface area contributed by atoms with E-state index in [4.69, 9.17) is 4.74 Å². The first-order valence-electron chi connectivity index (χ1n) is 6.22. The van der Waals surface area contributed by atoms with Gasteiger partial charge in [-0.25, -0.2) is 0 Å². The van der Waals surface area contributed by atoms with Crippen molar-refractivity contribution in [3.63, 3.8) is 0 Å². The van der Waals surface area contributed by atoms with Gasteiger partial charge in [-0.15, -0.1) is 0 Å². The Morgan fingerprint density at radius 1 is 1.47 bits per heavy atom. The number of pyridine rings is 1. The summed E-state index contributed by atoms with van der Waals surface area (Å²) in [6.45, 7) is 4.82. The van der Waals surface area contributed by atoms with Gasteiger partial charge in [-0.2, -0.15) is 0 Å². The van der Waals surface area contributed by atoms with Gasteiger partial charge in [-0.05, 0) is 19.2 Å². The van der Waals surface area contributed by atoms with Crippen molar-refractivity contribution in [1.82, 2.24) is 15.2 Å². The molecular weight excluding hydrogens is 214 g/mol. The van der Waals surface area contributed by atoms with E-state index in [1.807, 2.05) is 12.3 Å². The average Bonchev–Trinajstić information content (AvgIpc) is 2.29. The minimum atomic E-state index is 0.0793. The second-order valence-corrected chi connectivity index (χ2v) is 5.13. The lowest BCUT2D eigenvalue weighted by Gasteiger charge is -2.49. The number of hydrogen-bond donors (Lipinski definition) is 1. The van der Waals surface area contributed by atoms with Crippen molar-refractivity contribution in [3.8, 4) is 0 Å². The molecule has 1 aromatic rings. The van der Waals surface area contributed by atoms with Gasteiger partial charge in [-0.3, -0.25) is 4.98 Å². The number of nitrogens with zero attached hydrogens (tertiary/aromatic N) is 2. The van der Waals surface area contributed by atoms with Gasteiger partial charge in [0.25, 0.3) is 0 Å². The molecule has 92 valence electrons. The molecule has 0 saturated carbocycles. The Kier molecular flexibility index (Phi) is 2.86. The van der Waals surface area contributed by atoms with E-state index in [9.17, 15) is 0 Å². The Morgan fingerprint density at radius 3 is 2.94 bits per heavy atom. The molecule has 4 nitrogen and oxygen atoms in total. The Hall–Kier alpha value is -0.970. The number of ether oxygens (including phenoxy) is 1. The number of hydrogen-bond acceptors (Lipinski definition) is 4. The summed E-state index contributed by atoms with van der Waals surface area (Å²) in [5, 5.41) is 3.63. The smallest absolute Gasteiger partial charge is 0.0757 e. The lowest BCUT2D eigenvalue weighted by atomic mass is 9.74. The van der Waals surface area contributed by atoms with Crippen LogP contribution < -0.4 is 5.32 Å². The SMILES string of the molecule is CN1CCNC(C2(c3ccccn3)COC2)C1.